The van der Waals surface area contributed by atoms with Crippen molar-refractivity contribution >= 4 is 38.5 Å². The van der Waals surface area contributed by atoms with E-state index in [-0.39, 0.29) is 17.1 Å². The van der Waals surface area contributed by atoms with E-state index < -0.39 is 6.04 Å². The molecule has 3 aromatic carbocycles. The van der Waals surface area contributed by atoms with Crippen molar-refractivity contribution in [2.45, 2.75) is 19.9 Å². The van der Waals surface area contributed by atoms with Gasteiger partial charge in [-0.05, 0) is 73.0 Å². The van der Waals surface area contributed by atoms with Crippen LogP contribution in [0.15, 0.2) is 74.3 Å². The number of hydrogen-bond donors (Lipinski definition) is 0. The molecule has 1 amide bonds. The molecule has 1 aliphatic rings. The summed E-state index contributed by atoms with van der Waals surface area (Å²) in [4.78, 5) is 28.9. The van der Waals surface area contributed by atoms with Crippen LogP contribution in [0.5, 0.6) is 5.75 Å². The van der Waals surface area contributed by atoms with E-state index in [0.29, 0.717) is 28.0 Å². The molecule has 0 saturated heterocycles. The largest absolute Gasteiger partial charge is 0.497 e. The molecule has 32 heavy (non-hydrogen) atoms. The maximum Gasteiger partial charge on any atom is 0.295 e. The molecule has 5 nitrogen and oxygen atoms in total. The number of nitrogens with zero attached hydrogens (tertiary/aromatic N) is 1. The van der Waals surface area contributed by atoms with Crippen LogP contribution in [0, 0.1) is 13.8 Å². The summed E-state index contributed by atoms with van der Waals surface area (Å²) in [6, 6.07) is 17.9. The Balaban J connectivity index is 1.81. The fourth-order valence-electron chi connectivity index (χ4n) is 4.22. The van der Waals surface area contributed by atoms with E-state index in [1.807, 2.05) is 74.5 Å². The Hall–Kier alpha value is -3.38. The first-order chi connectivity index (χ1) is 15.4. The molecule has 0 spiro atoms. The molecule has 0 aliphatic carbocycles. The molecule has 0 bridgehead atoms. The summed E-state index contributed by atoms with van der Waals surface area (Å²) in [7, 11) is 1.60. The Morgan fingerprint density at radius 1 is 0.969 bits per heavy atom. The number of methoxy groups -OCH3 is 1. The van der Waals surface area contributed by atoms with Gasteiger partial charge in [-0.1, -0.05) is 34.1 Å². The molecular formula is C26H20BrNO4. The van der Waals surface area contributed by atoms with Gasteiger partial charge < -0.3 is 9.15 Å². The summed E-state index contributed by atoms with van der Waals surface area (Å²) >= 11 is 3.49. The highest BCUT2D eigenvalue weighted by Gasteiger charge is 2.43. The summed E-state index contributed by atoms with van der Waals surface area (Å²) in [5, 5.41) is 0.481. The van der Waals surface area contributed by atoms with E-state index in [1.165, 1.54) is 0 Å². The summed E-state index contributed by atoms with van der Waals surface area (Å²) in [6.07, 6.45) is 0. The van der Waals surface area contributed by atoms with Gasteiger partial charge in [0.15, 0.2) is 5.43 Å². The van der Waals surface area contributed by atoms with Crippen LogP contribution in [-0.4, -0.2) is 13.0 Å². The maximum atomic E-state index is 13.7. The van der Waals surface area contributed by atoms with E-state index in [2.05, 4.69) is 15.9 Å². The lowest BCUT2D eigenvalue weighted by Gasteiger charge is -2.25. The lowest BCUT2D eigenvalue weighted by molar-refractivity contribution is 0.0971. The maximum absolute atomic E-state index is 13.7. The number of rotatable bonds is 3. The van der Waals surface area contributed by atoms with E-state index >= 15 is 0 Å². The van der Waals surface area contributed by atoms with Gasteiger partial charge in [0.2, 0.25) is 5.76 Å². The van der Waals surface area contributed by atoms with Crippen LogP contribution < -0.4 is 15.1 Å². The molecule has 2 heterocycles. The number of ether oxygens (including phenoxy) is 1. The van der Waals surface area contributed by atoms with Crippen LogP contribution in [0.2, 0.25) is 0 Å². The predicted molar refractivity (Wildman–Crippen MR) is 128 cm³/mol. The van der Waals surface area contributed by atoms with Gasteiger partial charge in [-0.2, -0.15) is 0 Å². The van der Waals surface area contributed by atoms with Crippen molar-refractivity contribution in [3.8, 4) is 5.75 Å². The number of carbonyl (C=O) groups excluding carboxylic acids is 1. The lowest BCUT2D eigenvalue weighted by atomic mass is 9.97. The SMILES string of the molecule is COc1ccc(C2c3c(oc4cc(C)c(C)cc4c3=O)C(=O)N2c2cccc(Br)c2)cc1. The molecule has 1 unspecified atom stereocenters. The van der Waals surface area contributed by atoms with Crippen molar-refractivity contribution in [3.05, 3.63) is 103 Å². The zero-order chi connectivity index (χ0) is 22.6. The number of anilines is 1. The molecule has 0 fully saturated rings. The van der Waals surface area contributed by atoms with Crippen molar-refractivity contribution in [2.75, 3.05) is 12.0 Å². The number of fused-ring (bicyclic) bond motifs is 2. The van der Waals surface area contributed by atoms with Gasteiger partial charge in [0, 0.05) is 10.2 Å². The number of amides is 1. The first-order valence-electron chi connectivity index (χ1n) is 10.2. The number of hydrogen-bond acceptors (Lipinski definition) is 4. The quantitative estimate of drug-likeness (QED) is 0.357. The molecule has 160 valence electrons. The third kappa shape index (κ3) is 3.14. The summed E-state index contributed by atoms with van der Waals surface area (Å²) < 4.78 is 12.2. The zero-order valence-corrected chi connectivity index (χ0v) is 19.4. The minimum Gasteiger partial charge on any atom is -0.497 e. The first-order valence-corrected chi connectivity index (χ1v) is 11.0. The fraction of sp³-hybridized carbons (Fsp3) is 0.154. The minimum atomic E-state index is -0.611. The highest BCUT2D eigenvalue weighted by molar-refractivity contribution is 9.10. The van der Waals surface area contributed by atoms with Gasteiger partial charge in [0.25, 0.3) is 5.91 Å². The van der Waals surface area contributed by atoms with E-state index in [9.17, 15) is 9.59 Å². The van der Waals surface area contributed by atoms with Crippen molar-refractivity contribution in [1.82, 2.24) is 0 Å². The second-order valence-electron chi connectivity index (χ2n) is 7.94. The highest BCUT2D eigenvalue weighted by Crippen LogP contribution is 2.42. The second kappa shape index (κ2) is 7.64. The van der Waals surface area contributed by atoms with Crippen molar-refractivity contribution < 1.29 is 13.9 Å². The van der Waals surface area contributed by atoms with Crippen LogP contribution in [0.3, 0.4) is 0 Å². The number of halogens is 1. The molecule has 1 atom stereocenters. The van der Waals surface area contributed by atoms with Crippen molar-refractivity contribution in [3.63, 3.8) is 0 Å². The summed E-state index contributed by atoms with van der Waals surface area (Å²) in [5.74, 6) is 0.451. The summed E-state index contributed by atoms with van der Waals surface area (Å²) in [5.41, 5.74) is 4.07. The molecule has 6 heteroatoms. The van der Waals surface area contributed by atoms with Gasteiger partial charge in [0.05, 0.1) is 24.1 Å². The van der Waals surface area contributed by atoms with Gasteiger partial charge in [-0.25, -0.2) is 0 Å². The fourth-order valence-corrected chi connectivity index (χ4v) is 4.61. The topological polar surface area (TPSA) is 59.8 Å². The minimum absolute atomic E-state index is 0.0894. The number of carbonyl (C=O) groups is 1. The smallest absolute Gasteiger partial charge is 0.295 e. The van der Waals surface area contributed by atoms with Crippen LogP contribution in [0.25, 0.3) is 11.0 Å². The predicted octanol–water partition coefficient (Wildman–Crippen LogP) is 5.93. The molecule has 0 N–H and O–H groups in total. The average molecular weight is 490 g/mol. The highest BCUT2D eigenvalue weighted by atomic mass is 79.9. The zero-order valence-electron chi connectivity index (χ0n) is 17.8. The van der Waals surface area contributed by atoms with Crippen LogP contribution in [0.4, 0.5) is 5.69 Å². The molecular weight excluding hydrogens is 470 g/mol. The first kappa shape index (κ1) is 20.5. The van der Waals surface area contributed by atoms with Gasteiger partial charge in [-0.3, -0.25) is 14.5 Å². The molecule has 5 rings (SSSR count). The summed E-state index contributed by atoms with van der Waals surface area (Å²) in [6.45, 7) is 3.92. The third-order valence-corrected chi connectivity index (χ3v) is 6.50. The molecule has 1 aromatic heterocycles. The standard InChI is InChI=1S/C26H20BrNO4/c1-14-11-20-21(12-15(14)2)32-25-22(24(20)29)23(16-7-9-19(31-3)10-8-16)28(26(25)30)18-6-4-5-17(27)13-18/h4-13,23H,1-3H3. The Labute approximate surface area is 193 Å². The monoisotopic (exact) mass is 489 g/mol. The molecule has 4 aromatic rings. The van der Waals surface area contributed by atoms with Crippen LogP contribution in [0.1, 0.15) is 38.9 Å². The van der Waals surface area contributed by atoms with Crippen molar-refractivity contribution in [2.24, 2.45) is 0 Å². The van der Waals surface area contributed by atoms with Crippen molar-refractivity contribution in [1.29, 1.82) is 0 Å². The number of benzene rings is 3. The third-order valence-electron chi connectivity index (χ3n) is 6.00. The van der Waals surface area contributed by atoms with Gasteiger partial charge >= 0.3 is 0 Å². The Bertz CT molecular complexity index is 1440. The van der Waals surface area contributed by atoms with Gasteiger partial charge in [-0.15, -0.1) is 0 Å². The Kier molecular flexibility index (Phi) is 4.90. The molecule has 0 radical (unpaired) electrons. The molecule has 0 saturated carbocycles. The van der Waals surface area contributed by atoms with Gasteiger partial charge in [0.1, 0.15) is 11.3 Å². The Morgan fingerprint density at radius 2 is 1.69 bits per heavy atom. The van der Waals surface area contributed by atoms with Crippen LogP contribution in [-0.2, 0) is 0 Å². The number of aryl methyl sites for hydroxylation is 2. The Morgan fingerprint density at radius 3 is 2.38 bits per heavy atom. The molecule has 1 aliphatic heterocycles. The van der Waals surface area contributed by atoms with E-state index in [4.69, 9.17) is 9.15 Å². The van der Waals surface area contributed by atoms with E-state index in [0.717, 1.165) is 21.2 Å². The lowest BCUT2D eigenvalue weighted by Crippen LogP contribution is -2.29. The second-order valence-corrected chi connectivity index (χ2v) is 8.85. The average Bonchev–Trinajstić information content (AvgIpc) is 3.08. The van der Waals surface area contributed by atoms with Crippen LogP contribution >= 0.6 is 15.9 Å². The van der Waals surface area contributed by atoms with E-state index in [1.54, 1.807) is 12.0 Å². The normalized spacial score (nSPS) is 15.3.